The van der Waals surface area contributed by atoms with Gasteiger partial charge in [0, 0.05) is 24.7 Å². The SMILES string of the molecule is CC(C)N1C[C@H](C(=O)Nc2ccc(F)c(Cl)c2)CC1=O. The summed E-state index contributed by atoms with van der Waals surface area (Å²) in [6, 6.07) is 4.07. The van der Waals surface area contributed by atoms with Gasteiger partial charge < -0.3 is 10.2 Å². The van der Waals surface area contributed by atoms with Crippen LogP contribution < -0.4 is 5.32 Å². The van der Waals surface area contributed by atoms with E-state index in [9.17, 15) is 14.0 Å². The fourth-order valence-corrected chi connectivity index (χ4v) is 2.41. The standard InChI is InChI=1S/C14H16ClFN2O2/c1-8(2)18-7-9(5-13(18)19)14(20)17-10-3-4-12(16)11(15)6-10/h3-4,6,8-9H,5,7H2,1-2H3,(H,17,20)/t9-/m1/s1. The molecule has 0 aliphatic carbocycles. The number of likely N-dealkylation sites (tertiary alicyclic amines) is 1. The van der Waals surface area contributed by atoms with Crippen LogP contribution in [0.3, 0.4) is 0 Å². The van der Waals surface area contributed by atoms with Crippen molar-refractivity contribution in [1.29, 1.82) is 0 Å². The molecule has 1 atom stereocenters. The summed E-state index contributed by atoms with van der Waals surface area (Å²) in [7, 11) is 0. The van der Waals surface area contributed by atoms with Crippen molar-refractivity contribution in [2.45, 2.75) is 26.3 Å². The molecule has 0 saturated carbocycles. The number of carbonyl (C=O) groups excluding carboxylic acids is 2. The lowest BCUT2D eigenvalue weighted by molar-refractivity contribution is -0.129. The molecule has 1 aromatic rings. The van der Waals surface area contributed by atoms with Crippen molar-refractivity contribution in [3.8, 4) is 0 Å². The molecule has 0 radical (unpaired) electrons. The Kier molecular flexibility index (Phi) is 4.28. The van der Waals surface area contributed by atoms with E-state index in [4.69, 9.17) is 11.6 Å². The van der Waals surface area contributed by atoms with Gasteiger partial charge in [0.05, 0.1) is 10.9 Å². The van der Waals surface area contributed by atoms with Gasteiger partial charge in [0.2, 0.25) is 11.8 Å². The summed E-state index contributed by atoms with van der Waals surface area (Å²) >= 11 is 5.66. The molecular weight excluding hydrogens is 283 g/mol. The van der Waals surface area contributed by atoms with E-state index in [1.165, 1.54) is 18.2 Å². The number of nitrogens with one attached hydrogen (secondary N) is 1. The highest BCUT2D eigenvalue weighted by Gasteiger charge is 2.35. The van der Waals surface area contributed by atoms with Crippen molar-refractivity contribution in [2.24, 2.45) is 5.92 Å². The predicted molar refractivity (Wildman–Crippen MR) is 75.0 cm³/mol. The first-order valence-electron chi connectivity index (χ1n) is 6.44. The third-order valence-electron chi connectivity index (χ3n) is 3.34. The topological polar surface area (TPSA) is 49.4 Å². The monoisotopic (exact) mass is 298 g/mol. The molecule has 1 aliphatic rings. The minimum Gasteiger partial charge on any atom is -0.339 e. The molecule has 0 unspecified atom stereocenters. The molecule has 1 fully saturated rings. The summed E-state index contributed by atoms with van der Waals surface area (Å²) < 4.78 is 13.0. The van der Waals surface area contributed by atoms with E-state index in [1.807, 2.05) is 13.8 Å². The van der Waals surface area contributed by atoms with Crippen molar-refractivity contribution >= 4 is 29.1 Å². The Hall–Kier alpha value is -1.62. The summed E-state index contributed by atoms with van der Waals surface area (Å²) in [6.45, 7) is 4.24. The summed E-state index contributed by atoms with van der Waals surface area (Å²) in [5.74, 6) is -1.18. The van der Waals surface area contributed by atoms with E-state index in [0.29, 0.717) is 12.2 Å². The largest absolute Gasteiger partial charge is 0.339 e. The molecule has 2 amide bonds. The van der Waals surface area contributed by atoms with Crippen molar-refractivity contribution < 1.29 is 14.0 Å². The second kappa shape index (κ2) is 5.79. The van der Waals surface area contributed by atoms with Crippen LogP contribution in [0.5, 0.6) is 0 Å². The molecule has 20 heavy (non-hydrogen) atoms. The van der Waals surface area contributed by atoms with Crippen molar-refractivity contribution in [3.63, 3.8) is 0 Å². The molecule has 1 N–H and O–H groups in total. The van der Waals surface area contributed by atoms with Gasteiger partial charge >= 0.3 is 0 Å². The Balaban J connectivity index is 2.02. The lowest BCUT2D eigenvalue weighted by atomic mass is 10.1. The van der Waals surface area contributed by atoms with Gasteiger partial charge in [-0.15, -0.1) is 0 Å². The molecule has 0 bridgehead atoms. The summed E-state index contributed by atoms with van der Waals surface area (Å²) in [5.41, 5.74) is 0.428. The molecule has 4 nitrogen and oxygen atoms in total. The average Bonchev–Trinajstić information content (AvgIpc) is 2.76. The second-order valence-corrected chi connectivity index (χ2v) is 5.57. The van der Waals surface area contributed by atoms with Gasteiger partial charge in [-0.25, -0.2) is 4.39 Å². The van der Waals surface area contributed by atoms with Gasteiger partial charge in [0.1, 0.15) is 5.82 Å². The lowest BCUT2D eigenvalue weighted by Crippen LogP contribution is -2.33. The second-order valence-electron chi connectivity index (χ2n) is 5.16. The van der Waals surface area contributed by atoms with Crippen LogP contribution in [0.25, 0.3) is 0 Å². The van der Waals surface area contributed by atoms with Crippen LogP contribution in [-0.2, 0) is 9.59 Å². The highest BCUT2D eigenvalue weighted by molar-refractivity contribution is 6.31. The number of nitrogens with zero attached hydrogens (tertiary/aromatic N) is 1. The molecule has 108 valence electrons. The molecule has 6 heteroatoms. The molecular formula is C14H16ClFN2O2. The maximum absolute atomic E-state index is 13.0. The van der Waals surface area contributed by atoms with E-state index in [1.54, 1.807) is 4.90 Å². The van der Waals surface area contributed by atoms with Crippen LogP contribution in [0.4, 0.5) is 10.1 Å². The molecule has 1 saturated heterocycles. The average molecular weight is 299 g/mol. The minimum absolute atomic E-state index is 0.0164. The van der Waals surface area contributed by atoms with Crippen LogP contribution in [-0.4, -0.2) is 29.3 Å². The molecule has 1 heterocycles. The maximum atomic E-state index is 13.0. The number of halogens is 2. The number of benzene rings is 1. The molecule has 1 aliphatic heterocycles. The van der Waals surface area contributed by atoms with Crippen LogP contribution in [0.15, 0.2) is 18.2 Å². The lowest BCUT2D eigenvalue weighted by Gasteiger charge is -2.20. The van der Waals surface area contributed by atoms with Gasteiger partial charge in [0.25, 0.3) is 0 Å². The third kappa shape index (κ3) is 3.10. The Morgan fingerprint density at radius 1 is 1.50 bits per heavy atom. The molecule has 2 rings (SSSR count). The third-order valence-corrected chi connectivity index (χ3v) is 3.63. The zero-order valence-corrected chi connectivity index (χ0v) is 12.1. The van der Waals surface area contributed by atoms with Crippen LogP contribution in [0.1, 0.15) is 20.3 Å². The highest BCUT2D eigenvalue weighted by Crippen LogP contribution is 2.23. The fraction of sp³-hybridized carbons (Fsp3) is 0.429. The zero-order chi connectivity index (χ0) is 14.9. The Morgan fingerprint density at radius 2 is 2.20 bits per heavy atom. The summed E-state index contributed by atoms with van der Waals surface area (Å²) in [6.07, 6.45) is 0.207. The Bertz CT molecular complexity index is 548. The maximum Gasteiger partial charge on any atom is 0.229 e. The fourth-order valence-electron chi connectivity index (χ4n) is 2.22. The van der Waals surface area contributed by atoms with E-state index < -0.39 is 5.82 Å². The zero-order valence-electron chi connectivity index (χ0n) is 11.3. The number of rotatable bonds is 3. The minimum atomic E-state index is -0.535. The smallest absolute Gasteiger partial charge is 0.229 e. The molecule has 1 aromatic carbocycles. The first kappa shape index (κ1) is 14.8. The van der Waals surface area contributed by atoms with Gasteiger partial charge in [-0.05, 0) is 32.0 Å². The number of hydrogen-bond donors (Lipinski definition) is 1. The van der Waals surface area contributed by atoms with Crippen LogP contribution in [0, 0.1) is 11.7 Å². The van der Waals surface area contributed by atoms with Crippen molar-refractivity contribution in [3.05, 3.63) is 29.0 Å². The normalized spacial score (nSPS) is 18.8. The van der Waals surface area contributed by atoms with Gasteiger partial charge in [-0.2, -0.15) is 0 Å². The van der Waals surface area contributed by atoms with Crippen LogP contribution in [0.2, 0.25) is 5.02 Å². The van der Waals surface area contributed by atoms with E-state index in [-0.39, 0.29) is 35.2 Å². The van der Waals surface area contributed by atoms with Crippen molar-refractivity contribution in [1.82, 2.24) is 4.90 Å². The van der Waals surface area contributed by atoms with Gasteiger partial charge in [0.15, 0.2) is 0 Å². The molecule has 0 spiro atoms. The number of hydrogen-bond acceptors (Lipinski definition) is 2. The Morgan fingerprint density at radius 3 is 2.75 bits per heavy atom. The quantitative estimate of drug-likeness (QED) is 0.932. The van der Waals surface area contributed by atoms with Gasteiger partial charge in [-0.3, -0.25) is 9.59 Å². The van der Waals surface area contributed by atoms with Crippen molar-refractivity contribution in [2.75, 3.05) is 11.9 Å². The van der Waals surface area contributed by atoms with Crippen LogP contribution >= 0.6 is 11.6 Å². The van der Waals surface area contributed by atoms with E-state index in [2.05, 4.69) is 5.32 Å². The number of carbonyl (C=O) groups is 2. The first-order chi connectivity index (χ1) is 9.38. The first-order valence-corrected chi connectivity index (χ1v) is 6.81. The highest BCUT2D eigenvalue weighted by atomic mass is 35.5. The van der Waals surface area contributed by atoms with E-state index >= 15 is 0 Å². The summed E-state index contributed by atoms with van der Waals surface area (Å²) in [4.78, 5) is 25.5. The number of amides is 2. The predicted octanol–water partition coefficient (Wildman–Crippen LogP) is 2.67. The Labute approximate surface area is 121 Å². The molecule has 0 aromatic heterocycles. The van der Waals surface area contributed by atoms with Gasteiger partial charge in [-0.1, -0.05) is 11.6 Å². The summed E-state index contributed by atoms with van der Waals surface area (Å²) in [5, 5.41) is 2.62. The number of anilines is 1. The van der Waals surface area contributed by atoms with E-state index in [0.717, 1.165) is 0 Å².